The van der Waals surface area contributed by atoms with Gasteiger partial charge in [0.2, 0.25) is 0 Å². The third-order valence-corrected chi connectivity index (χ3v) is 3.70. The van der Waals surface area contributed by atoms with Crippen molar-refractivity contribution in [2.75, 3.05) is 11.9 Å². The predicted octanol–water partition coefficient (Wildman–Crippen LogP) is 4.62. The fraction of sp³-hybridized carbons (Fsp3) is 0.211. The Hall–Kier alpha value is -2.46. The number of carbonyl (C=O) groups is 1. The molecule has 24 heavy (non-hydrogen) atoms. The van der Waals surface area contributed by atoms with E-state index in [2.05, 4.69) is 11.9 Å². The van der Waals surface area contributed by atoms with Gasteiger partial charge in [-0.05, 0) is 49.7 Å². The normalized spacial score (nSPS) is 11.5. The number of ether oxygens (including phenoxy) is 2. The van der Waals surface area contributed by atoms with Crippen molar-refractivity contribution in [3.8, 4) is 11.5 Å². The van der Waals surface area contributed by atoms with E-state index in [9.17, 15) is 4.79 Å². The molecule has 0 aliphatic heterocycles. The third-order valence-electron chi connectivity index (χ3n) is 3.28. The van der Waals surface area contributed by atoms with Crippen LogP contribution in [-0.4, -0.2) is 18.6 Å². The van der Waals surface area contributed by atoms with E-state index in [0.717, 1.165) is 5.56 Å². The van der Waals surface area contributed by atoms with Crippen LogP contribution in [0, 0.1) is 6.92 Å². The second-order valence-corrected chi connectivity index (χ2v) is 5.70. The lowest BCUT2D eigenvalue weighted by molar-refractivity contribution is -0.122. The van der Waals surface area contributed by atoms with Crippen molar-refractivity contribution in [3.05, 3.63) is 65.7 Å². The van der Waals surface area contributed by atoms with E-state index in [1.807, 2.05) is 19.1 Å². The summed E-state index contributed by atoms with van der Waals surface area (Å²) in [5, 5.41) is 3.47. The molecule has 1 unspecified atom stereocenters. The number of amides is 1. The van der Waals surface area contributed by atoms with Crippen LogP contribution in [0.15, 0.2) is 55.1 Å². The van der Waals surface area contributed by atoms with Crippen molar-refractivity contribution >= 4 is 23.2 Å². The summed E-state index contributed by atoms with van der Waals surface area (Å²) in [5.74, 6) is 1.01. The first kappa shape index (κ1) is 17.9. The predicted molar refractivity (Wildman–Crippen MR) is 97.0 cm³/mol. The average molecular weight is 346 g/mol. The molecule has 0 aliphatic carbocycles. The molecule has 2 aromatic rings. The van der Waals surface area contributed by atoms with Crippen LogP contribution in [-0.2, 0) is 4.79 Å². The summed E-state index contributed by atoms with van der Waals surface area (Å²) in [6, 6.07) is 12.5. The van der Waals surface area contributed by atoms with Gasteiger partial charge in [0, 0.05) is 16.8 Å². The smallest absolute Gasteiger partial charge is 0.265 e. The first-order chi connectivity index (χ1) is 11.5. The minimum atomic E-state index is -0.650. The number of hydrogen-bond acceptors (Lipinski definition) is 3. The number of anilines is 1. The van der Waals surface area contributed by atoms with Crippen molar-refractivity contribution in [3.63, 3.8) is 0 Å². The van der Waals surface area contributed by atoms with Gasteiger partial charge in [0.1, 0.15) is 18.1 Å². The number of carbonyl (C=O) groups excluding carboxylic acids is 1. The number of rotatable bonds is 7. The zero-order valence-corrected chi connectivity index (χ0v) is 14.5. The van der Waals surface area contributed by atoms with Gasteiger partial charge in [0.25, 0.3) is 5.91 Å². The van der Waals surface area contributed by atoms with Gasteiger partial charge in [-0.2, -0.15) is 0 Å². The maximum atomic E-state index is 12.3. The molecule has 0 spiro atoms. The van der Waals surface area contributed by atoms with Gasteiger partial charge in [0.15, 0.2) is 6.10 Å². The molecule has 126 valence electrons. The Kier molecular flexibility index (Phi) is 6.27. The highest BCUT2D eigenvalue weighted by Crippen LogP contribution is 2.22. The molecule has 2 rings (SSSR count). The SMILES string of the molecule is C=CCOc1cccc(NC(=O)C(C)Oc2ccc(Cl)c(C)c2)c1. The highest BCUT2D eigenvalue weighted by Gasteiger charge is 2.15. The molecule has 0 radical (unpaired) electrons. The van der Waals surface area contributed by atoms with Gasteiger partial charge in [-0.1, -0.05) is 30.3 Å². The quantitative estimate of drug-likeness (QED) is 0.745. The molecule has 1 amide bonds. The van der Waals surface area contributed by atoms with E-state index in [1.165, 1.54) is 0 Å². The number of benzene rings is 2. The Balaban J connectivity index is 1.98. The van der Waals surface area contributed by atoms with Gasteiger partial charge < -0.3 is 14.8 Å². The maximum Gasteiger partial charge on any atom is 0.265 e. The van der Waals surface area contributed by atoms with Crippen LogP contribution < -0.4 is 14.8 Å². The van der Waals surface area contributed by atoms with Crippen LogP contribution in [0.3, 0.4) is 0 Å². The maximum absolute atomic E-state index is 12.3. The minimum Gasteiger partial charge on any atom is -0.489 e. The van der Waals surface area contributed by atoms with E-state index in [1.54, 1.807) is 43.3 Å². The third kappa shape index (κ3) is 5.03. The van der Waals surface area contributed by atoms with E-state index >= 15 is 0 Å². The summed E-state index contributed by atoms with van der Waals surface area (Å²) >= 11 is 5.99. The number of nitrogens with one attached hydrogen (secondary N) is 1. The summed E-state index contributed by atoms with van der Waals surface area (Å²) in [7, 11) is 0. The fourth-order valence-corrected chi connectivity index (χ4v) is 2.13. The van der Waals surface area contributed by atoms with E-state index in [0.29, 0.717) is 28.8 Å². The van der Waals surface area contributed by atoms with Crippen molar-refractivity contribution < 1.29 is 14.3 Å². The summed E-state index contributed by atoms with van der Waals surface area (Å²) in [6.45, 7) is 7.59. The molecule has 1 atom stereocenters. The minimum absolute atomic E-state index is 0.247. The second kappa shape index (κ2) is 8.41. The van der Waals surface area contributed by atoms with Gasteiger partial charge in [-0.15, -0.1) is 0 Å². The highest BCUT2D eigenvalue weighted by atomic mass is 35.5. The Morgan fingerprint density at radius 1 is 1.29 bits per heavy atom. The van der Waals surface area contributed by atoms with Crippen LogP contribution >= 0.6 is 11.6 Å². The number of halogens is 1. The van der Waals surface area contributed by atoms with Gasteiger partial charge in [-0.3, -0.25) is 4.79 Å². The van der Waals surface area contributed by atoms with Crippen molar-refractivity contribution in [1.29, 1.82) is 0 Å². The highest BCUT2D eigenvalue weighted by molar-refractivity contribution is 6.31. The first-order valence-electron chi connectivity index (χ1n) is 7.57. The van der Waals surface area contributed by atoms with Crippen LogP contribution in [0.25, 0.3) is 0 Å². The molecule has 0 bridgehead atoms. The molecule has 0 saturated heterocycles. The zero-order valence-electron chi connectivity index (χ0n) is 13.7. The summed E-state index contributed by atoms with van der Waals surface area (Å²) in [6.07, 6.45) is 1.01. The van der Waals surface area contributed by atoms with Crippen LogP contribution in [0.5, 0.6) is 11.5 Å². The molecule has 5 heteroatoms. The Morgan fingerprint density at radius 2 is 2.08 bits per heavy atom. The van der Waals surface area contributed by atoms with Crippen LogP contribution in [0.1, 0.15) is 12.5 Å². The fourth-order valence-electron chi connectivity index (χ4n) is 2.01. The Morgan fingerprint density at radius 3 is 2.79 bits per heavy atom. The van der Waals surface area contributed by atoms with Crippen LogP contribution in [0.4, 0.5) is 5.69 Å². The summed E-state index contributed by atoms with van der Waals surface area (Å²) < 4.78 is 11.1. The molecule has 0 saturated carbocycles. The molecule has 0 heterocycles. The van der Waals surface area contributed by atoms with Gasteiger partial charge >= 0.3 is 0 Å². The largest absolute Gasteiger partial charge is 0.489 e. The van der Waals surface area contributed by atoms with Gasteiger partial charge in [0.05, 0.1) is 0 Å². The van der Waals surface area contributed by atoms with Crippen molar-refractivity contribution in [2.24, 2.45) is 0 Å². The Labute approximate surface area is 147 Å². The second-order valence-electron chi connectivity index (χ2n) is 5.29. The monoisotopic (exact) mass is 345 g/mol. The molecule has 2 aromatic carbocycles. The summed E-state index contributed by atoms with van der Waals surface area (Å²) in [4.78, 5) is 12.3. The molecule has 0 fully saturated rings. The molecule has 1 N–H and O–H groups in total. The molecule has 0 aromatic heterocycles. The van der Waals surface area contributed by atoms with E-state index < -0.39 is 6.10 Å². The standard InChI is InChI=1S/C19H20ClNO3/c1-4-10-23-16-7-5-6-15(12-16)21-19(22)14(3)24-17-8-9-18(20)13(2)11-17/h4-9,11-12,14H,1,10H2,2-3H3,(H,21,22). The number of aryl methyl sites for hydroxylation is 1. The van der Waals surface area contributed by atoms with E-state index in [-0.39, 0.29) is 5.91 Å². The van der Waals surface area contributed by atoms with E-state index in [4.69, 9.17) is 21.1 Å². The van der Waals surface area contributed by atoms with Crippen molar-refractivity contribution in [1.82, 2.24) is 0 Å². The lowest BCUT2D eigenvalue weighted by atomic mass is 10.2. The molecule has 4 nitrogen and oxygen atoms in total. The topological polar surface area (TPSA) is 47.6 Å². The lowest BCUT2D eigenvalue weighted by Gasteiger charge is -2.16. The van der Waals surface area contributed by atoms with Crippen LogP contribution in [0.2, 0.25) is 5.02 Å². The number of hydrogen-bond donors (Lipinski definition) is 1. The summed E-state index contributed by atoms with van der Waals surface area (Å²) in [5.41, 5.74) is 1.54. The lowest BCUT2D eigenvalue weighted by Crippen LogP contribution is -2.30. The molecular weight excluding hydrogens is 326 g/mol. The zero-order chi connectivity index (χ0) is 17.5. The molecule has 0 aliphatic rings. The van der Waals surface area contributed by atoms with Crippen molar-refractivity contribution in [2.45, 2.75) is 20.0 Å². The van der Waals surface area contributed by atoms with Gasteiger partial charge in [-0.25, -0.2) is 0 Å². The average Bonchev–Trinajstić information content (AvgIpc) is 2.56. The molecular formula is C19H20ClNO3. The Bertz CT molecular complexity index is 730. The first-order valence-corrected chi connectivity index (χ1v) is 7.95.